The molecular weight excluding hydrogens is 409 g/mol. The fourth-order valence-electron chi connectivity index (χ4n) is 3.31. The first-order valence-corrected chi connectivity index (χ1v) is 11.0. The van der Waals surface area contributed by atoms with Crippen molar-refractivity contribution >= 4 is 27.3 Å². The predicted octanol–water partition coefficient (Wildman–Crippen LogP) is 3.78. The first-order chi connectivity index (χ1) is 14.3. The Labute approximate surface area is 172 Å². The lowest BCUT2D eigenvalue weighted by Crippen LogP contribution is -2.26. The molecule has 2 heterocycles. The molecule has 0 saturated heterocycles. The van der Waals surface area contributed by atoms with Crippen molar-refractivity contribution in [3.8, 4) is 0 Å². The predicted molar refractivity (Wildman–Crippen MR) is 110 cm³/mol. The molecule has 1 amide bonds. The van der Waals surface area contributed by atoms with Crippen molar-refractivity contribution in [1.82, 2.24) is 5.01 Å². The van der Waals surface area contributed by atoms with Gasteiger partial charge in [-0.05, 0) is 42.5 Å². The van der Waals surface area contributed by atoms with Crippen LogP contribution in [0.5, 0.6) is 0 Å². The zero-order chi connectivity index (χ0) is 21.3. The number of para-hydroxylation sites is 1. The minimum atomic E-state index is -3.50. The van der Waals surface area contributed by atoms with Crippen LogP contribution < -0.4 is 4.72 Å². The van der Waals surface area contributed by atoms with Crippen LogP contribution in [-0.4, -0.2) is 31.3 Å². The van der Waals surface area contributed by atoms with E-state index in [-0.39, 0.29) is 5.56 Å². The molecule has 3 aromatic rings. The molecule has 0 saturated carbocycles. The molecule has 0 bridgehead atoms. The molecular formula is C21H18FN3O4S. The molecule has 0 aliphatic carbocycles. The van der Waals surface area contributed by atoms with Gasteiger partial charge in [0, 0.05) is 17.5 Å². The van der Waals surface area contributed by atoms with Gasteiger partial charge in [-0.1, -0.05) is 18.2 Å². The number of rotatable bonds is 5. The molecule has 0 fully saturated rings. The highest BCUT2D eigenvalue weighted by Crippen LogP contribution is 2.35. The van der Waals surface area contributed by atoms with Crippen molar-refractivity contribution in [2.24, 2.45) is 5.10 Å². The van der Waals surface area contributed by atoms with Gasteiger partial charge in [-0.15, -0.1) is 0 Å². The number of carbonyl (C=O) groups excluding carboxylic acids is 1. The van der Waals surface area contributed by atoms with Gasteiger partial charge in [0.25, 0.3) is 5.91 Å². The fraction of sp³-hybridized carbons (Fsp3) is 0.143. The lowest BCUT2D eigenvalue weighted by Gasteiger charge is -2.19. The Kier molecular flexibility index (Phi) is 5.13. The maximum absolute atomic E-state index is 13.3. The van der Waals surface area contributed by atoms with E-state index in [0.29, 0.717) is 29.1 Å². The van der Waals surface area contributed by atoms with E-state index in [2.05, 4.69) is 9.82 Å². The van der Waals surface area contributed by atoms with Gasteiger partial charge in [-0.25, -0.2) is 17.8 Å². The van der Waals surface area contributed by atoms with Crippen LogP contribution in [-0.2, 0) is 10.0 Å². The van der Waals surface area contributed by atoms with Crippen molar-refractivity contribution in [1.29, 1.82) is 0 Å². The van der Waals surface area contributed by atoms with E-state index in [4.69, 9.17) is 4.42 Å². The number of furan rings is 1. The summed E-state index contributed by atoms with van der Waals surface area (Å²) in [5.41, 5.74) is 1.74. The maximum atomic E-state index is 13.3. The number of hydrazone groups is 1. The van der Waals surface area contributed by atoms with E-state index in [1.807, 2.05) is 0 Å². The number of nitrogens with one attached hydrogen (secondary N) is 1. The molecule has 0 spiro atoms. The molecule has 30 heavy (non-hydrogen) atoms. The van der Waals surface area contributed by atoms with Gasteiger partial charge in [0.05, 0.1) is 23.9 Å². The van der Waals surface area contributed by atoms with Gasteiger partial charge in [0.1, 0.15) is 17.6 Å². The van der Waals surface area contributed by atoms with Crippen molar-refractivity contribution in [3.05, 3.63) is 89.6 Å². The van der Waals surface area contributed by atoms with Gasteiger partial charge in [-0.3, -0.25) is 9.52 Å². The summed E-state index contributed by atoms with van der Waals surface area (Å²) >= 11 is 0. The normalized spacial score (nSPS) is 16.4. The lowest BCUT2D eigenvalue weighted by molar-refractivity contribution is 0.0693. The molecule has 9 heteroatoms. The smallest absolute Gasteiger partial charge is 0.274 e. The lowest BCUT2D eigenvalue weighted by atomic mass is 10.0. The van der Waals surface area contributed by atoms with Crippen LogP contribution in [0.4, 0.5) is 10.1 Å². The van der Waals surface area contributed by atoms with Gasteiger partial charge in [-0.2, -0.15) is 5.10 Å². The summed E-state index contributed by atoms with van der Waals surface area (Å²) in [6, 6.07) is 15.0. The monoisotopic (exact) mass is 427 g/mol. The average Bonchev–Trinajstić information content (AvgIpc) is 3.37. The quantitative estimate of drug-likeness (QED) is 0.671. The standard InChI is InChI=1S/C21H18FN3O4S/c1-30(27,28)24-17-6-3-2-5-16(17)18-13-19(20-7-4-12-29-20)25(23-18)21(26)14-8-10-15(22)11-9-14/h2-12,19,24H,13H2,1H3. The third kappa shape index (κ3) is 4.11. The van der Waals surface area contributed by atoms with E-state index in [1.165, 1.54) is 35.5 Å². The third-order valence-corrected chi connectivity index (χ3v) is 5.21. The minimum Gasteiger partial charge on any atom is -0.467 e. The molecule has 1 unspecified atom stereocenters. The zero-order valence-electron chi connectivity index (χ0n) is 15.9. The Bertz CT molecular complexity index is 1210. The molecule has 4 rings (SSSR count). The number of halogens is 1. The van der Waals surface area contributed by atoms with E-state index < -0.39 is 27.8 Å². The van der Waals surface area contributed by atoms with Crippen LogP contribution in [0.25, 0.3) is 0 Å². The summed E-state index contributed by atoms with van der Waals surface area (Å²) in [6.07, 6.45) is 2.90. The summed E-state index contributed by atoms with van der Waals surface area (Å²) in [5.74, 6) is -0.321. The Morgan fingerprint density at radius 2 is 1.87 bits per heavy atom. The zero-order valence-corrected chi connectivity index (χ0v) is 16.8. The SMILES string of the molecule is CS(=O)(=O)Nc1ccccc1C1=NN(C(=O)c2ccc(F)cc2)C(c2ccco2)C1. The Hall–Kier alpha value is -3.46. The summed E-state index contributed by atoms with van der Waals surface area (Å²) in [4.78, 5) is 13.1. The molecule has 1 atom stereocenters. The molecule has 1 aromatic heterocycles. The second kappa shape index (κ2) is 7.75. The third-order valence-electron chi connectivity index (χ3n) is 4.61. The summed E-state index contributed by atoms with van der Waals surface area (Å²) in [6.45, 7) is 0. The van der Waals surface area contributed by atoms with Crippen molar-refractivity contribution < 1.29 is 22.0 Å². The van der Waals surface area contributed by atoms with E-state index in [0.717, 1.165) is 6.26 Å². The summed E-state index contributed by atoms with van der Waals surface area (Å²) in [5, 5.41) is 5.79. The van der Waals surface area contributed by atoms with E-state index in [9.17, 15) is 17.6 Å². The first-order valence-electron chi connectivity index (χ1n) is 9.09. The number of anilines is 1. The molecule has 154 valence electrons. The highest BCUT2D eigenvalue weighted by molar-refractivity contribution is 7.92. The van der Waals surface area contributed by atoms with Crippen LogP contribution in [0.2, 0.25) is 0 Å². The molecule has 1 aliphatic heterocycles. The maximum Gasteiger partial charge on any atom is 0.274 e. The second-order valence-electron chi connectivity index (χ2n) is 6.86. The number of amides is 1. The number of carbonyl (C=O) groups is 1. The van der Waals surface area contributed by atoms with Crippen molar-refractivity contribution in [3.63, 3.8) is 0 Å². The molecule has 1 aliphatic rings. The largest absolute Gasteiger partial charge is 0.467 e. The van der Waals surface area contributed by atoms with Crippen molar-refractivity contribution in [2.75, 3.05) is 11.0 Å². The van der Waals surface area contributed by atoms with Crippen LogP contribution in [0.15, 0.2) is 76.4 Å². The van der Waals surface area contributed by atoms with Gasteiger partial charge in [0.15, 0.2) is 0 Å². The van der Waals surface area contributed by atoms with Gasteiger partial charge >= 0.3 is 0 Å². The molecule has 2 aromatic carbocycles. The Morgan fingerprint density at radius 1 is 1.13 bits per heavy atom. The summed E-state index contributed by atoms with van der Waals surface area (Å²) < 4.78 is 44.7. The van der Waals surface area contributed by atoms with E-state index in [1.54, 1.807) is 36.4 Å². The second-order valence-corrected chi connectivity index (χ2v) is 8.61. The Balaban J connectivity index is 1.74. The number of sulfonamides is 1. The summed E-state index contributed by atoms with van der Waals surface area (Å²) in [7, 11) is -3.50. The first kappa shape index (κ1) is 19.8. The van der Waals surface area contributed by atoms with Crippen LogP contribution in [0.1, 0.15) is 34.1 Å². The van der Waals surface area contributed by atoms with Crippen LogP contribution >= 0.6 is 0 Å². The number of nitrogens with zero attached hydrogens (tertiary/aromatic N) is 2. The van der Waals surface area contributed by atoms with Crippen LogP contribution in [0, 0.1) is 5.82 Å². The van der Waals surface area contributed by atoms with Crippen molar-refractivity contribution in [2.45, 2.75) is 12.5 Å². The average molecular weight is 427 g/mol. The number of hydrogen-bond acceptors (Lipinski definition) is 5. The van der Waals surface area contributed by atoms with Crippen LogP contribution in [0.3, 0.4) is 0 Å². The highest BCUT2D eigenvalue weighted by atomic mass is 32.2. The number of benzene rings is 2. The Morgan fingerprint density at radius 3 is 2.53 bits per heavy atom. The topological polar surface area (TPSA) is 92.0 Å². The molecule has 7 nitrogen and oxygen atoms in total. The highest BCUT2D eigenvalue weighted by Gasteiger charge is 2.36. The van der Waals surface area contributed by atoms with Gasteiger partial charge in [0.2, 0.25) is 10.0 Å². The molecule has 0 radical (unpaired) electrons. The minimum absolute atomic E-state index is 0.278. The fourth-order valence-corrected chi connectivity index (χ4v) is 3.89. The van der Waals surface area contributed by atoms with Gasteiger partial charge < -0.3 is 4.42 Å². The van der Waals surface area contributed by atoms with E-state index >= 15 is 0 Å². The number of hydrogen-bond donors (Lipinski definition) is 1. The molecule has 1 N–H and O–H groups in total.